The van der Waals surface area contributed by atoms with Crippen molar-refractivity contribution in [3.8, 4) is 0 Å². The van der Waals surface area contributed by atoms with E-state index < -0.39 is 0 Å². The first-order valence-electron chi connectivity index (χ1n) is 6.59. The van der Waals surface area contributed by atoms with Gasteiger partial charge in [0.2, 0.25) is 0 Å². The lowest BCUT2D eigenvalue weighted by atomic mass is 10.1. The minimum atomic E-state index is -0.144. The molecule has 3 N–H and O–H groups in total. The number of benzene rings is 1. The van der Waals surface area contributed by atoms with Gasteiger partial charge in [0.1, 0.15) is 5.69 Å². The van der Waals surface area contributed by atoms with E-state index >= 15 is 0 Å². The van der Waals surface area contributed by atoms with Gasteiger partial charge >= 0.3 is 0 Å². The summed E-state index contributed by atoms with van der Waals surface area (Å²) in [5.74, 6) is -0.144. The second-order valence-corrected chi connectivity index (χ2v) is 4.80. The van der Waals surface area contributed by atoms with Gasteiger partial charge in [-0.05, 0) is 31.0 Å². The Bertz CT molecular complexity index is 741. The summed E-state index contributed by atoms with van der Waals surface area (Å²) in [6.45, 7) is 2.46. The van der Waals surface area contributed by atoms with Crippen molar-refractivity contribution in [3.05, 3.63) is 53.5 Å². The summed E-state index contributed by atoms with van der Waals surface area (Å²) in [6.07, 6.45) is 2.79. The molecule has 102 valence electrons. The van der Waals surface area contributed by atoms with Gasteiger partial charge in [-0.2, -0.15) is 5.10 Å². The van der Waals surface area contributed by atoms with E-state index in [2.05, 4.69) is 26.6 Å². The van der Waals surface area contributed by atoms with E-state index in [0.717, 1.165) is 17.6 Å². The molecule has 0 aliphatic rings. The maximum atomic E-state index is 11.8. The van der Waals surface area contributed by atoms with Crippen LogP contribution in [-0.4, -0.2) is 27.6 Å². The highest BCUT2D eigenvalue weighted by atomic mass is 16.1. The zero-order valence-corrected chi connectivity index (χ0v) is 11.2. The molecule has 3 aromatic rings. The number of rotatable bonds is 4. The Labute approximate surface area is 116 Å². The normalized spacial score (nSPS) is 10.8. The predicted molar refractivity (Wildman–Crippen MR) is 77.7 cm³/mol. The van der Waals surface area contributed by atoms with E-state index in [0.29, 0.717) is 12.2 Å². The van der Waals surface area contributed by atoms with Gasteiger partial charge in [-0.25, -0.2) is 0 Å². The molecule has 0 aliphatic heterocycles. The van der Waals surface area contributed by atoms with Gasteiger partial charge in [-0.3, -0.25) is 9.89 Å². The Hall–Kier alpha value is -2.56. The summed E-state index contributed by atoms with van der Waals surface area (Å²) in [6, 6.07) is 9.89. The first-order chi connectivity index (χ1) is 9.74. The summed E-state index contributed by atoms with van der Waals surface area (Å²) in [4.78, 5) is 15.1. The maximum absolute atomic E-state index is 11.8. The fraction of sp³-hybridized carbons (Fsp3) is 0.200. The van der Waals surface area contributed by atoms with E-state index in [1.165, 1.54) is 10.9 Å². The van der Waals surface area contributed by atoms with Crippen molar-refractivity contribution in [2.24, 2.45) is 0 Å². The average Bonchev–Trinajstić information content (AvgIpc) is 3.06. The molecule has 0 atom stereocenters. The summed E-state index contributed by atoms with van der Waals surface area (Å²) >= 11 is 0. The first-order valence-corrected chi connectivity index (χ1v) is 6.59. The molecule has 0 spiro atoms. The molecule has 2 heterocycles. The minimum Gasteiger partial charge on any atom is -0.361 e. The van der Waals surface area contributed by atoms with E-state index in [4.69, 9.17) is 0 Å². The van der Waals surface area contributed by atoms with E-state index in [-0.39, 0.29) is 5.91 Å². The Morgan fingerprint density at radius 1 is 1.35 bits per heavy atom. The maximum Gasteiger partial charge on any atom is 0.271 e. The number of nitrogens with zero attached hydrogens (tertiary/aromatic N) is 1. The summed E-state index contributed by atoms with van der Waals surface area (Å²) < 4.78 is 0. The molecule has 0 unspecified atom stereocenters. The standard InChI is InChI=1S/C15H16N4O/c1-10-8-14(19-18-10)15(20)16-7-6-11-9-17-13-5-3-2-4-12(11)13/h2-5,8-9,17H,6-7H2,1H3,(H,16,20)(H,18,19). The van der Waals surface area contributed by atoms with Crippen LogP contribution in [0.5, 0.6) is 0 Å². The molecule has 1 aromatic carbocycles. The molecule has 20 heavy (non-hydrogen) atoms. The van der Waals surface area contributed by atoms with Crippen LogP contribution in [0.1, 0.15) is 21.7 Å². The van der Waals surface area contributed by atoms with Gasteiger partial charge in [0.05, 0.1) is 0 Å². The SMILES string of the molecule is Cc1cc(C(=O)NCCc2c[nH]c3ccccc23)n[nH]1. The number of nitrogens with one attached hydrogen (secondary N) is 3. The Balaban J connectivity index is 1.61. The van der Waals surface area contributed by atoms with Crippen molar-refractivity contribution in [1.82, 2.24) is 20.5 Å². The van der Waals surface area contributed by atoms with Crippen molar-refractivity contribution >= 4 is 16.8 Å². The lowest BCUT2D eigenvalue weighted by Gasteiger charge is -2.02. The number of aryl methyl sites for hydroxylation is 1. The van der Waals surface area contributed by atoms with Crippen molar-refractivity contribution in [2.75, 3.05) is 6.54 Å². The smallest absolute Gasteiger partial charge is 0.271 e. The van der Waals surface area contributed by atoms with E-state index in [1.54, 1.807) is 6.07 Å². The lowest BCUT2D eigenvalue weighted by Crippen LogP contribution is -2.25. The van der Waals surface area contributed by atoms with Crippen LogP contribution in [0.3, 0.4) is 0 Å². The topological polar surface area (TPSA) is 73.6 Å². The number of aromatic nitrogens is 3. The number of fused-ring (bicyclic) bond motifs is 1. The number of aromatic amines is 2. The Morgan fingerprint density at radius 2 is 2.20 bits per heavy atom. The molecule has 1 amide bonds. The van der Waals surface area contributed by atoms with Gasteiger partial charge in [0, 0.05) is 29.3 Å². The predicted octanol–water partition coefficient (Wildman–Crippen LogP) is 2.17. The molecule has 0 aliphatic carbocycles. The molecule has 0 bridgehead atoms. The molecular formula is C15H16N4O. The van der Waals surface area contributed by atoms with Gasteiger partial charge in [0.25, 0.3) is 5.91 Å². The Morgan fingerprint density at radius 3 is 3.00 bits per heavy atom. The summed E-state index contributed by atoms with van der Waals surface area (Å²) in [7, 11) is 0. The molecule has 5 nitrogen and oxygen atoms in total. The van der Waals surface area contributed by atoms with Crippen LogP contribution in [0.15, 0.2) is 36.5 Å². The molecule has 3 rings (SSSR count). The number of amides is 1. The van der Waals surface area contributed by atoms with Crippen LogP contribution in [0.4, 0.5) is 0 Å². The fourth-order valence-corrected chi connectivity index (χ4v) is 2.27. The van der Waals surface area contributed by atoms with Crippen molar-refractivity contribution in [3.63, 3.8) is 0 Å². The van der Waals surface area contributed by atoms with Crippen LogP contribution < -0.4 is 5.32 Å². The largest absolute Gasteiger partial charge is 0.361 e. The van der Waals surface area contributed by atoms with E-state index in [9.17, 15) is 4.79 Å². The minimum absolute atomic E-state index is 0.144. The third-order valence-corrected chi connectivity index (χ3v) is 3.29. The van der Waals surface area contributed by atoms with Gasteiger partial charge in [-0.15, -0.1) is 0 Å². The van der Waals surface area contributed by atoms with Crippen molar-refractivity contribution in [2.45, 2.75) is 13.3 Å². The third-order valence-electron chi connectivity index (χ3n) is 3.29. The number of hydrogen-bond donors (Lipinski definition) is 3. The highest BCUT2D eigenvalue weighted by Crippen LogP contribution is 2.17. The average molecular weight is 268 g/mol. The molecule has 5 heteroatoms. The molecule has 0 radical (unpaired) electrons. The summed E-state index contributed by atoms with van der Waals surface area (Å²) in [5.41, 5.74) is 3.64. The number of para-hydroxylation sites is 1. The molecule has 0 saturated heterocycles. The van der Waals surface area contributed by atoms with Crippen LogP contribution in [0.25, 0.3) is 10.9 Å². The number of carbonyl (C=O) groups is 1. The van der Waals surface area contributed by atoms with Crippen molar-refractivity contribution in [1.29, 1.82) is 0 Å². The zero-order chi connectivity index (χ0) is 13.9. The van der Waals surface area contributed by atoms with E-state index in [1.807, 2.05) is 31.3 Å². The number of carbonyl (C=O) groups excluding carboxylic acids is 1. The fourth-order valence-electron chi connectivity index (χ4n) is 2.27. The second kappa shape index (κ2) is 5.21. The highest BCUT2D eigenvalue weighted by molar-refractivity contribution is 5.92. The lowest BCUT2D eigenvalue weighted by molar-refractivity contribution is 0.0949. The van der Waals surface area contributed by atoms with Crippen LogP contribution in [0.2, 0.25) is 0 Å². The van der Waals surface area contributed by atoms with Crippen LogP contribution in [-0.2, 0) is 6.42 Å². The second-order valence-electron chi connectivity index (χ2n) is 4.80. The number of hydrogen-bond acceptors (Lipinski definition) is 2. The first kappa shape index (κ1) is 12.5. The Kier molecular flexibility index (Phi) is 3.25. The van der Waals surface area contributed by atoms with Crippen molar-refractivity contribution < 1.29 is 4.79 Å². The van der Waals surface area contributed by atoms with Crippen LogP contribution >= 0.6 is 0 Å². The monoisotopic (exact) mass is 268 g/mol. The van der Waals surface area contributed by atoms with Gasteiger partial charge in [0.15, 0.2) is 0 Å². The third kappa shape index (κ3) is 2.42. The zero-order valence-electron chi connectivity index (χ0n) is 11.2. The molecule has 0 saturated carbocycles. The van der Waals surface area contributed by atoms with Gasteiger partial charge in [-0.1, -0.05) is 18.2 Å². The van der Waals surface area contributed by atoms with Crippen LogP contribution in [0, 0.1) is 6.92 Å². The molecule has 0 fully saturated rings. The summed E-state index contributed by atoms with van der Waals surface area (Å²) in [5, 5.41) is 10.8. The highest BCUT2D eigenvalue weighted by Gasteiger charge is 2.09. The number of H-pyrrole nitrogens is 2. The van der Waals surface area contributed by atoms with Gasteiger partial charge < -0.3 is 10.3 Å². The quantitative estimate of drug-likeness (QED) is 0.678. The molecule has 2 aromatic heterocycles. The molecular weight excluding hydrogens is 252 g/mol.